The van der Waals surface area contributed by atoms with E-state index in [1.165, 1.54) is 6.26 Å². The third kappa shape index (κ3) is 4.30. The number of benzene rings is 1. The van der Waals surface area contributed by atoms with Crippen LogP contribution in [0.5, 0.6) is 0 Å². The standard InChI is InChI=1S/C12H18ClNO2S/c1-12(2,3)14-8-9-10(13)6-5-7-11(9)17(4,15)16/h5-7,14H,8H2,1-4H3. The summed E-state index contributed by atoms with van der Waals surface area (Å²) in [4.78, 5) is 0.293. The molecule has 0 saturated heterocycles. The van der Waals surface area contributed by atoms with Crippen molar-refractivity contribution in [3.8, 4) is 0 Å². The Hall–Kier alpha value is -0.580. The predicted octanol–water partition coefficient (Wildman–Crippen LogP) is 2.63. The Morgan fingerprint density at radius 3 is 2.35 bits per heavy atom. The van der Waals surface area contributed by atoms with Crippen molar-refractivity contribution in [2.45, 2.75) is 37.8 Å². The lowest BCUT2D eigenvalue weighted by molar-refractivity contribution is 0.422. The Kier molecular flexibility index (Phi) is 4.23. The molecule has 0 aliphatic heterocycles. The minimum Gasteiger partial charge on any atom is -0.308 e. The molecule has 0 heterocycles. The molecule has 1 N–H and O–H groups in total. The molecule has 0 spiro atoms. The minimum atomic E-state index is -3.25. The molecule has 17 heavy (non-hydrogen) atoms. The molecule has 1 aromatic rings. The van der Waals surface area contributed by atoms with Gasteiger partial charge in [-0.05, 0) is 32.9 Å². The lowest BCUT2D eigenvalue weighted by Crippen LogP contribution is -2.35. The van der Waals surface area contributed by atoms with Crippen LogP contribution in [0.15, 0.2) is 23.1 Å². The Bertz CT molecular complexity index is 504. The van der Waals surface area contributed by atoms with E-state index in [0.717, 1.165) is 0 Å². The summed E-state index contributed by atoms with van der Waals surface area (Å²) in [6.45, 7) is 6.49. The van der Waals surface area contributed by atoms with Gasteiger partial charge < -0.3 is 5.32 Å². The molecule has 0 aromatic heterocycles. The summed E-state index contributed by atoms with van der Waals surface area (Å²) in [5.41, 5.74) is 0.542. The molecule has 0 aliphatic rings. The molecule has 1 rings (SSSR count). The SMILES string of the molecule is CC(C)(C)NCc1c(Cl)cccc1S(C)(=O)=O. The zero-order chi connectivity index (χ0) is 13.3. The van der Waals surface area contributed by atoms with Crippen LogP contribution in [0.3, 0.4) is 0 Å². The van der Waals surface area contributed by atoms with Crippen LogP contribution in [0.25, 0.3) is 0 Å². The van der Waals surface area contributed by atoms with Gasteiger partial charge in [0, 0.05) is 28.9 Å². The minimum absolute atomic E-state index is 0.0893. The van der Waals surface area contributed by atoms with Gasteiger partial charge >= 0.3 is 0 Å². The van der Waals surface area contributed by atoms with Gasteiger partial charge in [-0.3, -0.25) is 0 Å². The summed E-state index contributed by atoms with van der Waals surface area (Å²) in [7, 11) is -3.25. The van der Waals surface area contributed by atoms with Gasteiger partial charge in [-0.2, -0.15) is 0 Å². The van der Waals surface area contributed by atoms with E-state index >= 15 is 0 Å². The fourth-order valence-electron chi connectivity index (χ4n) is 1.41. The summed E-state index contributed by atoms with van der Waals surface area (Å²) < 4.78 is 23.3. The van der Waals surface area contributed by atoms with Crippen molar-refractivity contribution in [1.82, 2.24) is 5.32 Å². The first-order valence-electron chi connectivity index (χ1n) is 5.34. The molecule has 1 aromatic carbocycles. The Labute approximate surface area is 108 Å². The van der Waals surface area contributed by atoms with Gasteiger partial charge in [-0.25, -0.2) is 8.42 Å². The number of hydrogen-bond acceptors (Lipinski definition) is 3. The van der Waals surface area contributed by atoms with E-state index in [1.54, 1.807) is 18.2 Å². The number of sulfone groups is 1. The maximum absolute atomic E-state index is 11.6. The molecular formula is C12H18ClNO2S. The molecule has 3 nitrogen and oxygen atoms in total. The maximum atomic E-state index is 11.6. The molecular weight excluding hydrogens is 258 g/mol. The van der Waals surface area contributed by atoms with Gasteiger partial charge in [0.05, 0.1) is 4.90 Å². The molecule has 0 atom stereocenters. The van der Waals surface area contributed by atoms with Crippen molar-refractivity contribution in [2.24, 2.45) is 0 Å². The van der Waals surface area contributed by atoms with Gasteiger partial charge in [0.15, 0.2) is 9.84 Å². The average molecular weight is 276 g/mol. The van der Waals surface area contributed by atoms with Gasteiger partial charge in [0.25, 0.3) is 0 Å². The largest absolute Gasteiger partial charge is 0.308 e. The summed E-state index contributed by atoms with van der Waals surface area (Å²) >= 11 is 6.06. The van der Waals surface area contributed by atoms with Crippen molar-refractivity contribution in [3.05, 3.63) is 28.8 Å². The van der Waals surface area contributed by atoms with Crippen LogP contribution in [0, 0.1) is 0 Å². The molecule has 0 fully saturated rings. The average Bonchev–Trinajstić information content (AvgIpc) is 2.12. The van der Waals surface area contributed by atoms with Crippen LogP contribution in [0.1, 0.15) is 26.3 Å². The highest BCUT2D eigenvalue weighted by Crippen LogP contribution is 2.24. The number of rotatable bonds is 3. The monoisotopic (exact) mass is 275 g/mol. The molecule has 96 valence electrons. The Morgan fingerprint density at radius 2 is 1.88 bits per heavy atom. The zero-order valence-electron chi connectivity index (χ0n) is 10.5. The van der Waals surface area contributed by atoms with E-state index < -0.39 is 9.84 Å². The first kappa shape index (κ1) is 14.5. The second-order valence-electron chi connectivity index (χ2n) is 5.09. The highest BCUT2D eigenvalue weighted by Gasteiger charge is 2.17. The lowest BCUT2D eigenvalue weighted by atomic mass is 10.1. The van der Waals surface area contributed by atoms with Crippen LogP contribution >= 0.6 is 11.6 Å². The highest BCUT2D eigenvalue weighted by molar-refractivity contribution is 7.90. The van der Waals surface area contributed by atoms with Crippen molar-refractivity contribution < 1.29 is 8.42 Å². The molecule has 0 amide bonds. The topological polar surface area (TPSA) is 46.2 Å². The van der Waals surface area contributed by atoms with Crippen LogP contribution in [-0.2, 0) is 16.4 Å². The van der Waals surface area contributed by atoms with Crippen molar-refractivity contribution in [1.29, 1.82) is 0 Å². The van der Waals surface area contributed by atoms with E-state index in [2.05, 4.69) is 5.32 Å². The van der Waals surface area contributed by atoms with Crippen LogP contribution in [-0.4, -0.2) is 20.2 Å². The summed E-state index contributed by atoms with van der Waals surface area (Å²) in [5, 5.41) is 3.72. The molecule has 0 bridgehead atoms. The first-order valence-corrected chi connectivity index (χ1v) is 7.61. The Morgan fingerprint density at radius 1 is 1.29 bits per heavy atom. The molecule has 0 aliphatic carbocycles. The lowest BCUT2D eigenvalue weighted by Gasteiger charge is -2.22. The van der Waals surface area contributed by atoms with E-state index in [4.69, 9.17) is 11.6 Å². The summed E-state index contributed by atoms with van der Waals surface area (Å²) in [5.74, 6) is 0. The van der Waals surface area contributed by atoms with Crippen molar-refractivity contribution in [3.63, 3.8) is 0 Å². The Balaban J connectivity index is 3.14. The van der Waals surface area contributed by atoms with Crippen molar-refractivity contribution >= 4 is 21.4 Å². The van der Waals surface area contributed by atoms with E-state index in [-0.39, 0.29) is 5.54 Å². The van der Waals surface area contributed by atoms with Gasteiger partial charge in [0.1, 0.15) is 0 Å². The van der Waals surface area contributed by atoms with E-state index in [1.807, 2.05) is 20.8 Å². The molecule has 0 radical (unpaired) electrons. The smallest absolute Gasteiger partial charge is 0.175 e. The first-order chi connectivity index (χ1) is 7.61. The quantitative estimate of drug-likeness (QED) is 0.922. The van der Waals surface area contributed by atoms with E-state index in [9.17, 15) is 8.42 Å². The molecule has 0 saturated carbocycles. The fraction of sp³-hybridized carbons (Fsp3) is 0.500. The number of nitrogens with one attached hydrogen (secondary N) is 1. The summed E-state index contributed by atoms with van der Waals surface area (Å²) in [6, 6.07) is 4.94. The van der Waals surface area contributed by atoms with E-state index in [0.29, 0.717) is 22.0 Å². The fourth-order valence-corrected chi connectivity index (χ4v) is 2.66. The number of halogens is 1. The van der Waals surface area contributed by atoms with Gasteiger partial charge in [-0.1, -0.05) is 17.7 Å². The van der Waals surface area contributed by atoms with Gasteiger partial charge in [0.2, 0.25) is 0 Å². The van der Waals surface area contributed by atoms with Crippen LogP contribution in [0.2, 0.25) is 5.02 Å². The highest BCUT2D eigenvalue weighted by atomic mass is 35.5. The van der Waals surface area contributed by atoms with Crippen molar-refractivity contribution in [2.75, 3.05) is 6.26 Å². The third-order valence-electron chi connectivity index (χ3n) is 2.27. The predicted molar refractivity (Wildman–Crippen MR) is 71.2 cm³/mol. The maximum Gasteiger partial charge on any atom is 0.175 e. The third-order valence-corrected chi connectivity index (χ3v) is 3.81. The van der Waals surface area contributed by atoms with Gasteiger partial charge in [-0.15, -0.1) is 0 Å². The second-order valence-corrected chi connectivity index (χ2v) is 7.48. The zero-order valence-corrected chi connectivity index (χ0v) is 12.1. The molecule has 5 heteroatoms. The number of hydrogen-bond donors (Lipinski definition) is 1. The molecule has 0 unspecified atom stereocenters. The summed E-state index contributed by atoms with van der Waals surface area (Å²) in [6.07, 6.45) is 1.19. The second kappa shape index (κ2) is 4.96. The normalized spacial score (nSPS) is 12.8. The van der Waals surface area contributed by atoms with Crippen LogP contribution < -0.4 is 5.32 Å². The van der Waals surface area contributed by atoms with Crippen LogP contribution in [0.4, 0.5) is 0 Å².